The normalized spacial score (nSPS) is 12.4. The number of aryl methyl sites for hydroxylation is 2. The molecular formula is C29H41NO5SSi. The molecule has 0 aliphatic heterocycles. The number of ether oxygens (including phenoxy) is 1. The number of nitrogens with zero attached hydrogens (tertiary/aromatic N) is 1. The summed E-state index contributed by atoms with van der Waals surface area (Å²) in [7, 11) is -4.35. The van der Waals surface area contributed by atoms with Crippen LogP contribution in [-0.4, -0.2) is 40.4 Å². The largest absolute Gasteiger partial charge is 0.459 e. The number of rotatable bonds is 11. The molecule has 37 heavy (non-hydrogen) atoms. The summed E-state index contributed by atoms with van der Waals surface area (Å²) in [6.45, 7) is 13.8. The highest BCUT2D eigenvalue weighted by Crippen LogP contribution is 2.36. The van der Waals surface area contributed by atoms with Crippen molar-refractivity contribution in [2.45, 2.75) is 82.8 Å². The molecule has 0 bridgehead atoms. The Morgan fingerprint density at radius 1 is 1.03 bits per heavy atom. The van der Waals surface area contributed by atoms with Gasteiger partial charge in [-0.3, -0.25) is 0 Å². The molecule has 6 nitrogen and oxygen atoms in total. The van der Waals surface area contributed by atoms with E-state index >= 15 is 0 Å². The lowest BCUT2D eigenvalue weighted by atomic mass is 10.1. The van der Waals surface area contributed by atoms with Gasteiger partial charge in [-0.2, -0.15) is 0 Å². The Morgan fingerprint density at radius 3 is 2.32 bits per heavy atom. The molecule has 0 N–H and O–H groups in total. The monoisotopic (exact) mass is 543 g/mol. The van der Waals surface area contributed by atoms with Crippen LogP contribution >= 0.6 is 0 Å². The van der Waals surface area contributed by atoms with Gasteiger partial charge in [0.25, 0.3) is 10.0 Å². The van der Waals surface area contributed by atoms with Crippen molar-refractivity contribution < 1.29 is 22.4 Å². The maximum atomic E-state index is 13.5. The van der Waals surface area contributed by atoms with E-state index in [1.54, 1.807) is 36.4 Å². The third kappa shape index (κ3) is 8.73. The summed E-state index contributed by atoms with van der Waals surface area (Å²) in [6, 6.07) is 10.1. The first-order chi connectivity index (χ1) is 17.3. The van der Waals surface area contributed by atoms with Crippen molar-refractivity contribution in [2.24, 2.45) is 0 Å². The molecule has 0 aliphatic carbocycles. The Balaban J connectivity index is 2.03. The number of hydrogen-bond acceptors (Lipinski definition) is 5. The molecule has 1 aromatic carbocycles. The minimum absolute atomic E-state index is 0.182. The highest BCUT2D eigenvalue weighted by molar-refractivity contribution is 7.90. The molecule has 0 radical (unpaired) electrons. The molecule has 0 fully saturated rings. The first kappa shape index (κ1) is 30.6. The predicted octanol–water partition coefficient (Wildman–Crippen LogP) is 6.24. The van der Waals surface area contributed by atoms with Crippen LogP contribution in [0.15, 0.2) is 53.4 Å². The van der Waals surface area contributed by atoms with E-state index in [1.807, 2.05) is 6.92 Å². The van der Waals surface area contributed by atoms with Crippen molar-refractivity contribution in [1.29, 1.82) is 0 Å². The second-order valence-corrected chi connectivity index (χ2v) is 17.3. The summed E-state index contributed by atoms with van der Waals surface area (Å²) in [6.07, 6.45) is 8.63. The number of aromatic nitrogens is 1. The maximum absolute atomic E-state index is 13.5. The molecule has 0 unspecified atom stereocenters. The van der Waals surface area contributed by atoms with Gasteiger partial charge in [0.05, 0.1) is 18.6 Å². The van der Waals surface area contributed by atoms with Gasteiger partial charge in [-0.05, 0) is 80.9 Å². The molecule has 202 valence electrons. The van der Waals surface area contributed by atoms with Gasteiger partial charge in [0, 0.05) is 11.6 Å². The van der Waals surface area contributed by atoms with E-state index in [0.29, 0.717) is 18.7 Å². The molecule has 0 saturated carbocycles. The van der Waals surface area contributed by atoms with E-state index in [9.17, 15) is 13.2 Å². The number of esters is 1. The predicted molar refractivity (Wildman–Crippen MR) is 152 cm³/mol. The number of allylic oxidation sites excluding steroid dienone is 1. The summed E-state index contributed by atoms with van der Waals surface area (Å²) < 4.78 is 39.0. The van der Waals surface area contributed by atoms with Crippen molar-refractivity contribution >= 4 is 24.3 Å². The third-order valence-electron chi connectivity index (χ3n) is 6.77. The first-order valence-electron chi connectivity index (χ1n) is 12.7. The fraction of sp³-hybridized carbons (Fsp3) is 0.483. The number of methoxy groups -OCH3 is 1. The second-order valence-electron chi connectivity index (χ2n) is 10.7. The van der Waals surface area contributed by atoms with Crippen molar-refractivity contribution in [3.8, 4) is 11.8 Å². The van der Waals surface area contributed by atoms with Gasteiger partial charge in [-0.25, -0.2) is 17.2 Å². The van der Waals surface area contributed by atoms with Crippen LogP contribution in [0.25, 0.3) is 0 Å². The quantitative estimate of drug-likeness (QED) is 0.110. The van der Waals surface area contributed by atoms with Crippen LogP contribution in [0.1, 0.15) is 63.4 Å². The summed E-state index contributed by atoms with van der Waals surface area (Å²) in [4.78, 5) is 11.7. The van der Waals surface area contributed by atoms with E-state index in [-0.39, 0.29) is 15.6 Å². The zero-order valence-electron chi connectivity index (χ0n) is 23.3. The summed E-state index contributed by atoms with van der Waals surface area (Å²) in [5.41, 5.74) is 1.86. The molecular weight excluding hydrogens is 502 g/mol. The Morgan fingerprint density at radius 2 is 1.70 bits per heavy atom. The topological polar surface area (TPSA) is 74.6 Å². The molecule has 0 spiro atoms. The Kier molecular flexibility index (Phi) is 11.0. The molecule has 0 saturated heterocycles. The molecule has 0 atom stereocenters. The smallest absolute Gasteiger partial charge is 0.384 e. The van der Waals surface area contributed by atoms with E-state index in [0.717, 1.165) is 31.2 Å². The number of carbonyl (C=O) groups is 1. The Hall–Kier alpha value is -2.60. The maximum Gasteiger partial charge on any atom is 0.384 e. The second kappa shape index (κ2) is 13.3. The lowest BCUT2D eigenvalue weighted by Crippen LogP contribution is -2.40. The summed E-state index contributed by atoms with van der Waals surface area (Å²) in [5, 5.41) is 0.205. The fourth-order valence-corrected chi connectivity index (χ4v) is 5.88. The summed E-state index contributed by atoms with van der Waals surface area (Å²) in [5.74, 6) is 4.29. The zero-order valence-corrected chi connectivity index (χ0v) is 25.1. The van der Waals surface area contributed by atoms with Crippen molar-refractivity contribution in [3.05, 3.63) is 65.5 Å². The molecule has 2 aromatic rings. The molecule has 0 amide bonds. The van der Waals surface area contributed by atoms with Crippen molar-refractivity contribution in [2.75, 3.05) is 13.7 Å². The molecule has 1 aromatic heterocycles. The Bertz CT molecular complexity index is 1240. The van der Waals surface area contributed by atoms with Crippen LogP contribution in [0.2, 0.25) is 18.1 Å². The van der Waals surface area contributed by atoms with Crippen LogP contribution in [0, 0.1) is 18.8 Å². The highest BCUT2D eigenvalue weighted by Gasteiger charge is 2.36. The average Bonchev–Trinajstić information content (AvgIpc) is 3.24. The van der Waals surface area contributed by atoms with Gasteiger partial charge in [0.15, 0.2) is 8.32 Å². The lowest BCUT2D eigenvalue weighted by Gasteiger charge is -2.35. The van der Waals surface area contributed by atoms with Crippen LogP contribution < -0.4 is 0 Å². The van der Waals surface area contributed by atoms with E-state index in [1.165, 1.54) is 11.1 Å². The number of carbonyl (C=O) groups excluding carboxylic acids is 1. The standard InChI is InChI=1S/C29H41NO5SSi/c1-24-15-20-27(21-16-24)36(32,33)30-25(17-18-26(30)19-22-28(31)34-5)14-12-10-8-9-11-13-23-35-37(6,7)29(2,3)4/h11,13,15-18,20-21H,8-10,12,14,23H2,1-7H3/b13-11+. The number of unbranched alkanes of at least 4 members (excludes halogenated alkanes) is 3. The fourth-order valence-electron chi connectivity index (χ4n) is 3.41. The zero-order chi connectivity index (χ0) is 27.7. The number of hydrogen-bond donors (Lipinski definition) is 0. The van der Waals surface area contributed by atoms with E-state index < -0.39 is 24.3 Å². The van der Waals surface area contributed by atoms with E-state index in [4.69, 9.17) is 4.43 Å². The third-order valence-corrected chi connectivity index (χ3v) is 13.0. The van der Waals surface area contributed by atoms with Gasteiger partial charge >= 0.3 is 5.97 Å². The first-order valence-corrected chi connectivity index (χ1v) is 17.1. The minimum Gasteiger partial charge on any atom is -0.459 e. The van der Waals surface area contributed by atoms with Crippen LogP contribution in [0.5, 0.6) is 0 Å². The van der Waals surface area contributed by atoms with Crippen LogP contribution in [0.4, 0.5) is 0 Å². The van der Waals surface area contributed by atoms with Gasteiger partial charge in [0.2, 0.25) is 0 Å². The minimum atomic E-state index is -3.87. The van der Waals surface area contributed by atoms with Crippen LogP contribution in [-0.2, 0) is 30.4 Å². The van der Waals surface area contributed by atoms with Crippen LogP contribution in [0.3, 0.4) is 0 Å². The van der Waals surface area contributed by atoms with Gasteiger partial charge in [-0.1, -0.05) is 57.0 Å². The van der Waals surface area contributed by atoms with Gasteiger partial charge in [0.1, 0.15) is 5.69 Å². The van der Waals surface area contributed by atoms with Crippen molar-refractivity contribution in [3.63, 3.8) is 0 Å². The van der Waals surface area contributed by atoms with Gasteiger partial charge < -0.3 is 9.16 Å². The van der Waals surface area contributed by atoms with Gasteiger partial charge in [-0.15, -0.1) is 0 Å². The average molecular weight is 544 g/mol. The summed E-state index contributed by atoms with van der Waals surface area (Å²) >= 11 is 0. The molecule has 0 aliphatic rings. The molecule has 8 heteroatoms. The van der Waals surface area contributed by atoms with E-state index in [2.05, 4.69) is 62.6 Å². The molecule has 2 rings (SSSR count). The number of benzene rings is 1. The Labute approximate surface area is 224 Å². The SMILES string of the molecule is COC(=O)C#Cc1ccc(CCCCC/C=C/CO[Si](C)(C)C(C)(C)C)n1S(=O)(=O)c1ccc(C)cc1. The highest BCUT2D eigenvalue weighted by atomic mass is 32.2. The lowest BCUT2D eigenvalue weighted by molar-refractivity contribution is -0.133. The van der Waals surface area contributed by atoms with Crippen molar-refractivity contribution in [1.82, 2.24) is 3.97 Å². The molecule has 1 heterocycles.